The summed E-state index contributed by atoms with van der Waals surface area (Å²) >= 11 is 0. The molecule has 3 aliphatic rings. The predicted molar refractivity (Wildman–Crippen MR) is 128 cm³/mol. The first-order valence-corrected chi connectivity index (χ1v) is 11.2. The summed E-state index contributed by atoms with van der Waals surface area (Å²) in [6.07, 6.45) is 10.4. The van der Waals surface area contributed by atoms with E-state index in [4.69, 9.17) is 4.74 Å². The van der Waals surface area contributed by atoms with E-state index in [1.165, 1.54) is 71.1 Å². The Morgan fingerprint density at radius 1 is 1.07 bits per heavy atom. The second kappa shape index (κ2) is 12.5. The molecule has 0 amide bonds. The number of guanidine groups is 1. The molecule has 2 N–H and O–H groups in total. The van der Waals surface area contributed by atoms with Crippen LogP contribution in [-0.2, 0) is 4.74 Å². The Morgan fingerprint density at radius 2 is 1.79 bits per heavy atom. The predicted octanol–water partition coefficient (Wildman–Crippen LogP) is 2.54. The van der Waals surface area contributed by atoms with Crippen molar-refractivity contribution in [2.75, 3.05) is 66.6 Å². The van der Waals surface area contributed by atoms with E-state index in [1.54, 1.807) is 0 Å². The van der Waals surface area contributed by atoms with Crippen molar-refractivity contribution in [3.8, 4) is 0 Å². The van der Waals surface area contributed by atoms with Gasteiger partial charge in [-0.15, -0.1) is 24.0 Å². The van der Waals surface area contributed by atoms with Gasteiger partial charge in [0.25, 0.3) is 0 Å². The summed E-state index contributed by atoms with van der Waals surface area (Å²) in [5, 5.41) is 7.12. The van der Waals surface area contributed by atoms with Crippen molar-refractivity contribution in [3.63, 3.8) is 0 Å². The molecule has 0 unspecified atom stereocenters. The molecule has 2 aliphatic heterocycles. The lowest BCUT2D eigenvalue weighted by atomic mass is 9.84. The second-order valence-electron chi connectivity index (χ2n) is 8.80. The van der Waals surface area contributed by atoms with E-state index in [-0.39, 0.29) is 29.5 Å². The highest BCUT2D eigenvalue weighted by molar-refractivity contribution is 14.0. The number of rotatable bonds is 9. The first-order valence-electron chi connectivity index (χ1n) is 11.2. The molecular weight excluding hydrogens is 465 g/mol. The van der Waals surface area contributed by atoms with Crippen molar-refractivity contribution in [1.29, 1.82) is 0 Å². The Hall–Kier alpha value is -0.120. The molecule has 0 bridgehead atoms. The Bertz CT molecular complexity index is 458. The molecule has 0 aromatic carbocycles. The topological polar surface area (TPSA) is 52.1 Å². The van der Waals surface area contributed by atoms with Gasteiger partial charge in [0.1, 0.15) is 0 Å². The summed E-state index contributed by atoms with van der Waals surface area (Å²) in [4.78, 5) is 9.69. The van der Waals surface area contributed by atoms with Crippen LogP contribution in [0, 0.1) is 5.92 Å². The van der Waals surface area contributed by atoms with E-state index in [0.717, 1.165) is 44.6 Å². The molecule has 3 fully saturated rings. The fraction of sp³-hybridized carbons (Fsp3) is 0.952. The van der Waals surface area contributed by atoms with E-state index in [2.05, 4.69) is 32.5 Å². The molecule has 0 aromatic rings. The molecule has 6 nitrogen and oxygen atoms in total. The first kappa shape index (κ1) is 24.2. The van der Waals surface area contributed by atoms with Gasteiger partial charge >= 0.3 is 0 Å². The minimum Gasteiger partial charge on any atom is -0.381 e. The van der Waals surface area contributed by atoms with E-state index >= 15 is 0 Å². The highest BCUT2D eigenvalue weighted by Gasteiger charge is 2.39. The zero-order chi connectivity index (χ0) is 19.0. The highest BCUT2D eigenvalue weighted by Crippen LogP contribution is 2.31. The number of aliphatic imine (C=N–C) groups is 1. The number of ether oxygens (including phenoxy) is 1. The Labute approximate surface area is 189 Å². The van der Waals surface area contributed by atoms with Crippen molar-refractivity contribution >= 4 is 29.9 Å². The fourth-order valence-electron chi connectivity index (χ4n) is 4.39. The van der Waals surface area contributed by atoms with Gasteiger partial charge in [0, 0.05) is 38.9 Å². The van der Waals surface area contributed by atoms with Crippen molar-refractivity contribution in [1.82, 2.24) is 20.4 Å². The van der Waals surface area contributed by atoms with Gasteiger partial charge in [0.05, 0.1) is 0 Å². The number of nitrogens with one attached hydrogen (secondary N) is 2. The van der Waals surface area contributed by atoms with E-state index in [1.807, 2.05) is 7.05 Å². The Morgan fingerprint density at radius 3 is 2.43 bits per heavy atom. The number of likely N-dealkylation sites (tertiary alicyclic amines) is 2. The second-order valence-corrected chi connectivity index (χ2v) is 8.80. The maximum atomic E-state index is 5.72. The van der Waals surface area contributed by atoms with Crippen LogP contribution in [0.4, 0.5) is 0 Å². The zero-order valence-corrected chi connectivity index (χ0v) is 20.4. The van der Waals surface area contributed by atoms with Crippen LogP contribution in [0.5, 0.6) is 0 Å². The largest absolute Gasteiger partial charge is 0.381 e. The third kappa shape index (κ3) is 7.61. The van der Waals surface area contributed by atoms with Gasteiger partial charge in [-0.05, 0) is 84.1 Å². The van der Waals surface area contributed by atoms with Gasteiger partial charge in [0.15, 0.2) is 5.96 Å². The summed E-state index contributed by atoms with van der Waals surface area (Å²) in [6.45, 7) is 8.64. The van der Waals surface area contributed by atoms with Gasteiger partial charge in [-0.25, -0.2) is 0 Å². The normalized spacial score (nSPS) is 23.9. The van der Waals surface area contributed by atoms with Crippen LogP contribution in [0.15, 0.2) is 4.99 Å². The molecule has 0 aromatic heterocycles. The van der Waals surface area contributed by atoms with E-state index < -0.39 is 0 Å². The summed E-state index contributed by atoms with van der Waals surface area (Å²) < 4.78 is 5.72. The molecule has 2 heterocycles. The molecule has 7 heteroatoms. The molecule has 164 valence electrons. The van der Waals surface area contributed by atoms with Gasteiger partial charge in [-0.3, -0.25) is 9.89 Å². The molecule has 1 aliphatic carbocycles. The molecule has 1 saturated carbocycles. The molecule has 2 saturated heterocycles. The maximum Gasteiger partial charge on any atom is 0.191 e. The van der Waals surface area contributed by atoms with Gasteiger partial charge in [-0.1, -0.05) is 6.42 Å². The SMILES string of the molecule is CN=C(NCCCOCC1CC1)NCC1(N2CCCCC2)CCN(C)CC1.I. The average Bonchev–Trinajstić information content (AvgIpc) is 3.53. The minimum atomic E-state index is 0. The standard InChI is InChI=1S/C21H41N5O.HI/c1-22-20(23-11-6-16-27-17-19-7-8-19)24-18-21(9-14-25(2)15-10-21)26-12-4-3-5-13-26;/h19H,3-18H2,1-2H3,(H2,22,23,24);1H. The van der Waals surface area contributed by atoms with Crippen molar-refractivity contribution in [2.45, 2.75) is 56.9 Å². The van der Waals surface area contributed by atoms with E-state index in [9.17, 15) is 0 Å². The number of nitrogens with zero attached hydrogens (tertiary/aromatic N) is 3. The van der Waals surface area contributed by atoms with Crippen molar-refractivity contribution in [2.24, 2.45) is 10.9 Å². The maximum absolute atomic E-state index is 5.72. The first-order chi connectivity index (χ1) is 13.2. The number of hydrogen-bond acceptors (Lipinski definition) is 4. The van der Waals surface area contributed by atoms with Gasteiger partial charge in [-0.2, -0.15) is 0 Å². The molecule has 0 atom stereocenters. The quantitative estimate of drug-likeness (QED) is 0.218. The monoisotopic (exact) mass is 507 g/mol. The number of halogens is 1. The van der Waals surface area contributed by atoms with E-state index in [0.29, 0.717) is 0 Å². The lowest BCUT2D eigenvalue weighted by molar-refractivity contribution is 0.0173. The molecular formula is C21H42IN5O. The van der Waals surface area contributed by atoms with Crippen LogP contribution in [-0.4, -0.2) is 87.9 Å². The third-order valence-corrected chi connectivity index (χ3v) is 6.56. The Kier molecular flexibility index (Phi) is 10.8. The van der Waals surface area contributed by atoms with Crippen LogP contribution >= 0.6 is 24.0 Å². The fourth-order valence-corrected chi connectivity index (χ4v) is 4.39. The Balaban J connectivity index is 0.00000280. The summed E-state index contributed by atoms with van der Waals surface area (Å²) in [7, 11) is 4.13. The van der Waals surface area contributed by atoms with Gasteiger partial charge < -0.3 is 20.3 Å². The lowest BCUT2D eigenvalue weighted by Gasteiger charge is -2.50. The smallest absolute Gasteiger partial charge is 0.191 e. The van der Waals surface area contributed by atoms with Crippen LogP contribution in [0.3, 0.4) is 0 Å². The number of hydrogen-bond donors (Lipinski definition) is 2. The lowest BCUT2D eigenvalue weighted by Crippen LogP contribution is -2.62. The van der Waals surface area contributed by atoms with Crippen molar-refractivity contribution < 1.29 is 4.74 Å². The molecule has 0 spiro atoms. The highest BCUT2D eigenvalue weighted by atomic mass is 127. The third-order valence-electron chi connectivity index (χ3n) is 6.56. The summed E-state index contributed by atoms with van der Waals surface area (Å²) in [5.41, 5.74) is 0.290. The van der Waals surface area contributed by atoms with Crippen LogP contribution in [0.25, 0.3) is 0 Å². The number of piperidine rings is 2. The minimum absolute atomic E-state index is 0. The molecule has 3 rings (SSSR count). The van der Waals surface area contributed by atoms with Crippen molar-refractivity contribution in [3.05, 3.63) is 0 Å². The van der Waals surface area contributed by atoms with Gasteiger partial charge in [0.2, 0.25) is 0 Å². The van der Waals surface area contributed by atoms with Crippen LogP contribution in [0.2, 0.25) is 0 Å². The average molecular weight is 508 g/mol. The summed E-state index contributed by atoms with van der Waals surface area (Å²) in [5.74, 6) is 1.79. The summed E-state index contributed by atoms with van der Waals surface area (Å²) in [6, 6.07) is 0. The molecule has 0 radical (unpaired) electrons. The molecule has 28 heavy (non-hydrogen) atoms. The van der Waals surface area contributed by atoms with Crippen LogP contribution < -0.4 is 10.6 Å². The zero-order valence-electron chi connectivity index (χ0n) is 18.0. The van der Waals surface area contributed by atoms with Crippen LogP contribution in [0.1, 0.15) is 51.4 Å².